The maximum Gasteiger partial charge on any atom is 0.260 e. The molecule has 2 heterocycles. The van der Waals surface area contributed by atoms with Crippen molar-refractivity contribution in [2.75, 3.05) is 5.73 Å². The number of nitrogen functional groups attached to an aromatic ring is 1. The number of fused-ring (bicyclic) bond motifs is 1. The number of benzene rings is 2. The predicted octanol–water partition coefficient (Wildman–Crippen LogP) is 2.83. The van der Waals surface area contributed by atoms with Gasteiger partial charge in [-0.05, 0) is 34.6 Å². The molecular weight excluding hydrogens is 433 g/mol. The van der Waals surface area contributed by atoms with Crippen molar-refractivity contribution in [3.05, 3.63) is 52.0 Å². The number of nitrogens with two attached hydrogens (primary N) is 1. The van der Waals surface area contributed by atoms with Gasteiger partial charge in [0.1, 0.15) is 12.3 Å². The van der Waals surface area contributed by atoms with Gasteiger partial charge in [-0.1, -0.05) is 35.3 Å². The summed E-state index contributed by atoms with van der Waals surface area (Å²) in [6.45, 7) is -0.137. The lowest BCUT2D eigenvalue weighted by Crippen LogP contribution is -2.23. The van der Waals surface area contributed by atoms with Crippen molar-refractivity contribution in [1.82, 2.24) is 25.3 Å². The second-order valence-corrected chi connectivity index (χ2v) is 6.97. The number of anilines is 1. The van der Waals surface area contributed by atoms with E-state index >= 15 is 0 Å². The minimum Gasteiger partial charge on any atom is -0.506 e. The molecule has 0 saturated heterocycles. The van der Waals surface area contributed by atoms with Crippen LogP contribution in [0.5, 0.6) is 5.75 Å². The van der Waals surface area contributed by atoms with Gasteiger partial charge >= 0.3 is 0 Å². The van der Waals surface area contributed by atoms with E-state index in [1.165, 1.54) is 18.3 Å². The summed E-state index contributed by atoms with van der Waals surface area (Å²) in [5.74, 6) is -0.277. The number of carbonyl (C=O) groups is 1. The average molecular weight is 446 g/mol. The summed E-state index contributed by atoms with van der Waals surface area (Å²) < 4.78 is 6.27. The van der Waals surface area contributed by atoms with Gasteiger partial charge in [0.25, 0.3) is 5.91 Å². The summed E-state index contributed by atoms with van der Waals surface area (Å²) >= 11 is 11.8. The second-order valence-electron chi connectivity index (χ2n) is 6.13. The molecule has 0 fully saturated rings. The molecule has 152 valence electrons. The van der Waals surface area contributed by atoms with Crippen molar-refractivity contribution >= 4 is 52.2 Å². The highest BCUT2D eigenvalue weighted by atomic mass is 35.5. The van der Waals surface area contributed by atoms with Crippen LogP contribution in [0.25, 0.3) is 22.6 Å². The smallest absolute Gasteiger partial charge is 0.260 e. The molecule has 10 nitrogen and oxygen atoms in total. The molecule has 0 unspecified atom stereocenters. The number of phenolic OH excluding ortho intramolecular Hbond substituents is 1. The van der Waals surface area contributed by atoms with Gasteiger partial charge in [-0.3, -0.25) is 4.79 Å². The van der Waals surface area contributed by atoms with E-state index in [9.17, 15) is 9.90 Å². The highest BCUT2D eigenvalue weighted by Crippen LogP contribution is 2.30. The topological polar surface area (TPSA) is 144 Å². The number of phenols is 1. The summed E-state index contributed by atoms with van der Waals surface area (Å²) in [7, 11) is 0. The Morgan fingerprint density at radius 3 is 2.87 bits per heavy atom. The summed E-state index contributed by atoms with van der Waals surface area (Å²) in [6.07, 6.45) is 1.23. The van der Waals surface area contributed by atoms with Crippen LogP contribution in [0.1, 0.15) is 5.56 Å². The molecule has 0 aliphatic carbocycles. The molecule has 4 N–H and O–H groups in total. The summed E-state index contributed by atoms with van der Waals surface area (Å²) in [5, 5.41) is 21.5. The lowest BCUT2D eigenvalue weighted by Gasteiger charge is -2.07. The van der Waals surface area contributed by atoms with E-state index in [-0.39, 0.29) is 34.4 Å². The lowest BCUT2D eigenvalue weighted by atomic mass is 10.2. The first kappa shape index (κ1) is 19.7. The quantitative estimate of drug-likeness (QED) is 0.316. The van der Waals surface area contributed by atoms with Crippen LogP contribution < -0.4 is 11.2 Å². The molecule has 2 aromatic carbocycles. The van der Waals surface area contributed by atoms with Crippen LogP contribution in [0.15, 0.2) is 46.1 Å². The Hall–Kier alpha value is -3.63. The van der Waals surface area contributed by atoms with Crippen LogP contribution in [-0.2, 0) is 11.3 Å². The zero-order valence-corrected chi connectivity index (χ0v) is 16.6. The fraction of sp³-hybridized carbons (Fsp3) is 0.0556. The first-order valence-electron chi connectivity index (χ1n) is 8.47. The Morgan fingerprint density at radius 1 is 1.30 bits per heavy atom. The van der Waals surface area contributed by atoms with Gasteiger partial charge in [0.05, 0.1) is 22.3 Å². The van der Waals surface area contributed by atoms with Crippen LogP contribution in [0.3, 0.4) is 0 Å². The lowest BCUT2D eigenvalue weighted by molar-refractivity contribution is -0.121. The van der Waals surface area contributed by atoms with Gasteiger partial charge < -0.3 is 15.4 Å². The third-order valence-corrected chi connectivity index (χ3v) is 4.64. The molecule has 4 aromatic rings. The standard InChI is InChI=1S/C18H13Cl2N7O3/c19-10-5-9(16(29)11(20)6-10)7-22-24-14(28)8-27-13-4-2-1-3-12(13)23-18(27)15-17(21)26-30-25-15/h1-7,29H,8H2,(H2,21,26)(H,24,28)/b22-7-. The molecule has 0 saturated carbocycles. The molecule has 0 spiro atoms. The summed E-state index contributed by atoms with van der Waals surface area (Å²) in [4.78, 5) is 17.0. The van der Waals surface area contributed by atoms with Crippen LogP contribution in [-0.4, -0.2) is 37.1 Å². The zero-order valence-electron chi connectivity index (χ0n) is 15.1. The van der Waals surface area contributed by atoms with E-state index in [2.05, 4.69) is 30.5 Å². The molecule has 0 aliphatic rings. The SMILES string of the molecule is Nc1nonc1-c1nc2ccccc2n1CC(=O)N/N=C\c1cc(Cl)cc(Cl)c1O. The first-order valence-corrected chi connectivity index (χ1v) is 9.23. The third kappa shape index (κ3) is 3.78. The molecule has 30 heavy (non-hydrogen) atoms. The maximum absolute atomic E-state index is 12.5. The third-order valence-electron chi connectivity index (χ3n) is 4.13. The Balaban J connectivity index is 1.59. The Bertz CT molecular complexity index is 1280. The van der Waals surface area contributed by atoms with Crippen LogP contribution >= 0.6 is 23.2 Å². The van der Waals surface area contributed by atoms with Gasteiger partial charge in [-0.2, -0.15) is 5.10 Å². The van der Waals surface area contributed by atoms with Gasteiger partial charge in [-0.15, -0.1) is 0 Å². The van der Waals surface area contributed by atoms with E-state index in [1.54, 1.807) is 16.7 Å². The van der Waals surface area contributed by atoms with Crippen LogP contribution in [0.2, 0.25) is 10.0 Å². The molecule has 12 heteroatoms. The maximum atomic E-state index is 12.5. The zero-order chi connectivity index (χ0) is 21.3. The van der Waals surface area contributed by atoms with Crippen molar-refractivity contribution in [3.8, 4) is 17.3 Å². The number of aromatic nitrogens is 4. The molecule has 1 amide bonds. The molecule has 0 atom stereocenters. The van der Waals surface area contributed by atoms with Gasteiger partial charge in [-0.25, -0.2) is 15.0 Å². The van der Waals surface area contributed by atoms with Gasteiger partial charge in [0.2, 0.25) is 0 Å². The van der Waals surface area contributed by atoms with Gasteiger partial charge in [0, 0.05) is 10.6 Å². The van der Waals surface area contributed by atoms with E-state index in [0.29, 0.717) is 21.9 Å². The van der Waals surface area contributed by atoms with Crippen LogP contribution in [0.4, 0.5) is 5.82 Å². The number of aromatic hydroxyl groups is 1. The first-order chi connectivity index (χ1) is 14.4. The normalized spacial score (nSPS) is 11.4. The van der Waals surface area contributed by atoms with Crippen molar-refractivity contribution in [3.63, 3.8) is 0 Å². The summed E-state index contributed by atoms with van der Waals surface area (Å²) in [5.41, 5.74) is 9.98. The molecule has 0 aliphatic heterocycles. The largest absolute Gasteiger partial charge is 0.506 e. The number of nitrogens with zero attached hydrogens (tertiary/aromatic N) is 5. The fourth-order valence-corrected chi connectivity index (χ4v) is 3.31. The molecule has 2 aromatic heterocycles. The van der Waals surface area contributed by atoms with Crippen LogP contribution in [0, 0.1) is 0 Å². The number of para-hydroxylation sites is 2. The predicted molar refractivity (Wildman–Crippen MR) is 111 cm³/mol. The highest BCUT2D eigenvalue weighted by molar-refractivity contribution is 6.36. The average Bonchev–Trinajstić information content (AvgIpc) is 3.29. The number of hydrogen-bond acceptors (Lipinski definition) is 8. The number of hydrogen-bond donors (Lipinski definition) is 3. The number of carbonyl (C=O) groups excluding carboxylic acids is 1. The van der Waals surface area contributed by atoms with E-state index < -0.39 is 5.91 Å². The van der Waals surface area contributed by atoms with E-state index in [1.807, 2.05) is 12.1 Å². The van der Waals surface area contributed by atoms with Crippen molar-refractivity contribution in [2.45, 2.75) is 6.54 Å². The minimum atomic E-state index is -0.460. The van der Waals surface area contributed by atoms with Gasteiger partial charge in [0.15, 0.2) is 17.3 Å². The van der Waals surface area contributed by atoms with Crippen molar-refractivity contribution in [1.29, 1.82) is 0 Å². The summed E-state index contributed by atoms with van der Waals surface area (Å²) in [6, 6.07) is 10.1. The Labute approximate surface area is 178 Å². The molecule has 0 bridgehead atoms. The monoisotopic (exact) mass is 445 g/mol. The molecule has 4 rings (SSSR count). The highest BCUT2D eigenvalue weighted by Gasteiger charge is 2.20. The van der Waals surface area contributed by atoms with E-state index in [0.717, 1.165) is 0 Å². The second kappa shape index (κ2) is 8.01. The van der Waals surface area contributed by atoms with Crippen molar-refractivity contribution in [2.24, 2.45) is 5.10 Å². The number of nitrogens with one attached hydrogen (secondary N) is 1. The number of halogens is 2. The fourth-order valence-electron chi connectivity index (χ4n) is 2.80. The number of hydrazone groups is 1. The van der Waals surface area contributed by atoms with E-state index in [4.69, 9.17) is 28.9 Å². The number of rotatable bonds is 5. The minimum absolute atomic E-state index is 0.0540. The Kier molecular flexibility index (Phi) is 5.25. The molecule has 0 radical (unpaired) electrons. The Morgan fingerprint density at radius 2 is 2.10 bits per heavy atom. The number of amides is 1. The van der Waals surface area contributed by atoms with Crippen molar-refractivity contribution < 1.29 is 14.5 Å². The molecular formula is C18H13Cl2N7O3. The number of imidazole rings is 1.